The summed E-state index contributed by atoms with van der Waals surface area (Å²) in [5, 5.41) is 12.1. The van der Waals surface area contributed by atoms with Crippen molar-refractivity contribution in [2.75, 3.05) is 6.54 Å². The van der Waals surface area contributed by atoms with E-state index in [0.717, 1.165) is 12.1 Å². The van der Waals surface area contributed by atoms with Crippen molar-refractivity contribution in [3.63, 3.8) is 0 Å². The highest BCUT2D eigenvalue weighted by atomic mass is 16.5. The molecule has 1 heterocycles. The Labute approximate surface area is 120 Å². The Hall–Kier alpha value is -1.62. The normalized spacial score (nSPS) is 12.3. The third-order valence-corrected chi connectivity index (χ3v) is 2.92. The Balaban J connectivity index is 2.57. The van der Waals surface area contributed by atoms with E-state index in [1.807, 2.05) is 6.92 Å². The van der Waals surface area contributed by atoms with Gasteiger partial charge in [-0.25, -0.2) is 0 Å². The second kappa shape index (κ2) is 7.85. The first-order chi connectivity index (χ1) is 9.43. The molecule has 1 rings (SSSR count). The van der Waals surface area contributed by atoms with E-state index in [9.17, 15) is 9.90 Å². The van der Waals surface area contributed by atoms with Crippen molar-refractivity contribution in [2.24, 2.45) is 5.92 Å². The van der Waals surface area contributed by atoms with Gasteiger partial charge in [0, 0.05) is 12.2 Å². The molecule has 1 atom stereocenters. The van der Waals surface area contributed by atoms with E-state index in [4.69, 9.17) is 4.74 Å². The maximum absolute atomic E-state index is 11.9. The number of pyridine rings is 1. The topological polar surface area (TPSA) is 71.5 Å². The minimum Gasteiger partial charge on any atom is -0.479 e. The van der Waals surface area contributed by atoms with E-state index < -0.39 is 6.10 Å². The molecule has 1 aromatic heterocycles. The fourth-order valence-electron chi connectivity index (χ4n) is 1.69. The van der Waals surface area contributed by atoms with Crippen LogP contribution in [0.5, 0.6) is 5.75 Å². The highest BCUT2D eigenvalue weighted by Crippen LogP contribution is 2.18. The van der Waals surface area contributed by atoms with Gasteiger partial charge < -0.3 is 15.2 Å². The summed E-state index contributed by atoms with van der Waals surface area (Å²) in [6.45, 7) is 8.17. The predicted molar refractivity (Wildman–Crippen MR) is 77.5 cm³/mol. The van der Waals surface area contributed by atoms with Gasteiger partial charge in [0.25, 0.3) is 5.91 Å². The number of aryl methyl sites for hydroxylation is 1. The monoisotopic (exact) mass is 280 g/mol. The van der Waals surface area contributed by atoms with Gasteiger partial charge in [0.1, 0.15) is 11.4 Å². The summed E-state index contributed by atoms with van der Waals surface area (Å²) in [7, 11) is 0. The van der Waals surface area contributed by atoms with Crippen LogP contribution in [-0.2, 0) is 11.4 Å². The van der Waals surface area contributed by atoms with Crippen LogP contribution in [0.15, 0.2) is 12.1 Å². The number of aromatic nitrogens is 1. The lowest BCUT2D eigenvalue weighted by molar-refractivity contribution is -0.127. The molecular formula is C15H24N2O3. The molecule has 0 aromatic carbocycles. The van der Waals surface area contributed by atoms with Crippen LogP contribution < -0.4 is 10.1 Å². The molecule has 0 fully saturated rings. The number of carbonyl (C=O) groups is 1. The third kappa shape index (κ3) is 5.17. The second-order valence-electron chi connectivity index (χ2n) is 5.29. The lowest BCUT2D eigenvalue weighted by Gasteiger charge is -2.17. The van der Waals surface area contributed by atoms with Crippen molar-refractivity contribution in [1.29, 1.82) is 0 Å². The zero-order valence-corrected chi connectivity index (χ0v) is 12.6. The lowest BCUT2D eigenvalue weighted by Crippen LogP contribution is -2.37. The van der Waals surface area contributed by atoms with Crippen molar-refractivity contribution >= 4 is 5.91 Å². The molecule has 0 aliphatic heterocycles. The van der Waals surface area contributed by atoms with Crippen LogP contribution in [0.1, 0.15) is 38.6 Å². The van der Waals surface area contributed by atoms with Crippen molar-refractivity contribution in [1.82, 2.24) is 10.3 Å². The highest BCUT2D eigenvalue weighted by molar-refractivity contribution is 5.80. The van der Waals surface area contributed by atoms with Gasteiger partial charge in [-0.15, -0.1) is 0 Å². The standard InChI is InChI=1S/C15H24N2O3/c1-10(2)7-8-16-15(19)12(4)20-14-6-5-11(3)17-13(14)9-18/h5-6,10,12,18H,7-9H2,1-4H3,(H,16,19). The van der Waals surface area contributed by atoms with E-state index in [1.54, 1.807) is 19.1 Å². The summed E-state index contributed by atoms with van der Waals surface area (Å²) in [5.41, 5.74) is 1.25. The van der Waals surface area contributed by atoms with Gasteiger partial charge in [0.05, 0.1) is 6.61 Å². The summed E-state index contributed by atoms with van der Waals surface area (Å²) < 4.78 is 5.58. The van der Waals surface area contributed by atoms with Gasteiger partial charge in [-0.3, -0.25) is 9.78 Å². The Morgan fingerprint density at radius 2 is 2.10 bits per heavy atom. The Morgan fingerprint density at radius 3 is 2.70 bits per heavy atom. The van der Waals surface area contributed by atoms with Crippen LogP contribution in [0, 0.1) is 12.8 Å². The molecule has 1 aromatic rings. The summed E-state index contributed by atoms with van der Waals surface area (Å²) in [6.07, 6.45) is 0.323. The summed E-state index contributed by atoms with van der Waals surface area (Å²) in [4.78, 5) is 16.1. The Morgan fingerprint density at radius 1 is 1.40 bits per heavy atom. The van der Waals surface area contributed by atoms with E-state index in [1.165, 1.54) is 0 Å². The molecule has 112 valence electrons. The number of nitrogens with zero attached hydrogens (tertiary/aromatic N) is 1. The average Bonchev–Trinajstić information content (AvgIpc) is 2.40. The van der Waals surface area contributed by atoms with Crippen molar-refractivity contribution in [2.45, 2.75) is 46.8 Å². The highest BCUT2D eigenvalue weighted by Gasteiger charge is 2.16. The van der Waals surface area contributed by atoms with Crippen LogP contribution in [0.25, 0.3) is 0 Å². The quantitative estimate of drug-likeness (QED) is 0.799. The van der Waals surface area contributed by atoms with Gasteiger partial charge in [-0.2, -0.15) is 0 Å². The molecule has 5 heteroatoms. The molecule has 5 nitrogen and oxygen atoms in total. The van der Waals surface area contributed by atoms with E-state index in [0.29, 0.717) is 23.9 Å². The van der Waals surface area contributed by atoms with Gasteiger partial charge in [-0.1, -0.05) is 13.8 Å². The Bertz CT molecular complexity index is 447. The first-order valence-electron chi connectivity index (χ1n) is 6.95. The number of aliphatic hydroxyl groups excluding tert-OH is 1. The van der Waals surface area contributed by atoms with E-state index >= 15 is 0 Å². The molecule has 20 heavy (non-hydrogen) atoms. The fraction of sp³-hybridized carbons (Fsp3) is 0.600. The number of nitrogens with one attached hydrogen (secondary N) is 1. The molecular weight excluding hydrogens is 256 g/mol. The van der Waals surface area contributed by atoms with Crippen LogP contribution in [0.4, 0.5) is 0 Å². The minimum atomic E-state index is -0.614. The summed E-state index contributed by atoms with van der Waals surface area (Å²) in [6, 6.07) is 3.52. The second-order valence-corrected chi connectivity index (χ2v) is 5.29. The first kappa shape index (κ1) is 16.4. The molecule has 0 spiro atoms. The minimum absolute atomic E-state index is 0.157. The summed E-state index contributed by atoms with van der Waals surface area (Å²) >= 11 is 0. The molecule has 1 amide bonds. The lowest BCUT2D eigenvalue weighted by atomic mass is 10.1. The smallest absolute Gasteiger partial charge is 0.260 e. The van der Waals surface area contributed by atoms with Crippen molar-refractivity contribution < 1.29 is 14.6 Å². The third-order valence-electron chi connectivity index (χ3n) is 2.92. The predicted octanol–water partition coefficient (Wildman–Crippen LogP) is 1.81. The number of hydrogen-bond acceptors (Lipinski definition) is 4. The molecule has 0 bridgehead atoms. The maximum atomic E-state index is 11.9. The molecule has 0 radical (unpaired) electrons. The van der Waals surface area contributed by atoms with Crippen LogP contribution in [0.3, 0.4) is 0 Å². The molecule has 0 aliphatic rings. The van der Waals surface area contributed by atoms with E-state index in [2.05, 4.69) is 24.1 Å². The SMILES string of the molecule is Cc1ccc(OC(C)C(=O)NCCC(C)C)c(CO)n1. The van der Waals surface area contributed by atoms with Crippen LogP contribution in [-0.4, -0.2) is 28.6 Å². The molecule has 2 N–H and O–H groups in total. The maximum Gasteiger partial charge on any atom is 0.260 e. The largest absolute Gasteiger partial charge is 0.479 e. The van der Waals surface area contributed by atoms with Crippen molar-refractivity contribution in [3.8, 4) is 5.75 Å². The summed E-state index contributed by atoms with van der Waals surface area (Å²) in [5.74, 6) is 0.841. The van der Waals surface area contributed by atoms with Gasteiger partial charge in [0.15, 0.2) is 6.10 Å². The van der Waals surface area contributed by atoms with Gasteiger partial charge >= 0.3 is 0 Å². The zero-order valence-electron chi connectivity index (χ0n) is 12.6. The van der Waals surface area contributed by atoms with Gasteiger partial charge in [0.2, 0.25) is 0 Å². The number of carbonyl (C=O) groups excluding carboxylic acids is 1. The van der Waals surface area contributed by atoms with Crippen LogP contribution in [0.2, 0.25) is 0 Å². The molecule has 0 aliphatic carbocycles. The number of rotatable bonds is 7. The molecule has 0 saturated heterocycles. The van der Waals surface area contributed by atoms with Crippen LogP contribution >= 0.6 is 0 Å². The Kier molecular flexibility index (Phi) is 6.45. The van der Waals surface area contributed by atoms with E-state index in [-0.39, 0.29) is 12.5 Å². The average molecular weight is 280 g/mol. The van der Waals surface area contributed by atoms with Gasteiger partial charge in [-0.05, 0) is 38.3 Å². The fourth-order valence-corrected chi connectivity index (χ4v) is 1.69. The molecule has 0 saturated carbocycles. The first-order valence-corrected chi connectivity index (χ1v) is 6.95. The molecule has 1 unspecified atom stereocenters. The number of ether oxygens (including phenoxy) is 1. The number of aliphatic hydroxyl groups is 1. The number of hydrogen-bond donors (Lipinski definition) is 2. The van der Waals surface area contributed by atoms with Crippen molar-refractivity contribution in [3.05, 3.63) is 23.5 Å². The number of amides is 1. The zero-order chi connectivity index (χ0) is 15.1.